The monoisotopic (exact) mass is 360 g/mol. The lowest BCUT2D eigenvalue weighted by atomic mass is 10.0. The van der Waals surface area contributed by atoms with Crippen LogP contribution in [-0.2, 0) is 11.2 Å². The van der Waals surface area contributed by atoms with Crippen LogP contribution in [0.4, 0.5) is 4.39 Å². The van der Waals surface area contributed by atoms with E-state index >= 15 is 0 Å². The van der Waals surface area contributed by atoms with Crippen LogP contribution in [0.25, 0.3) is 0 Å². The summed E-state index contributed by atoms with van der Waals surface area (Å²) in [5, 5.41) is 10.2. The topological polar surface area (TPSA) is 71.9 Å². The number of halogens is 1. The molecule has 2 aromatic rings. The number of carbonyl (C=O) groups excluding carboxylic acids is 1. The fourth-order valence-corrected chi connectivity index (χ4v) is 2.94. The largest absolute Gasteiger partial charge is 0.493 e. The number of nitrogens with zero attached hydrogens (tertiary/aromatic N) is 2. The number of methoxy groups -OCH3 is 1. The zero-order chi connectivity index (χ0) is 18.5. The van der Waals surface area contributed by atoms with Crippen molar-refractivity contribution in [3.05, 3.63) is 54.1 Å². The normalized spacial score (nSPS) is 19.9. The minimum atomic E-state index is -0.716. The predicted molar refractivity (Wildman–Crippen MR) is 92.5 cm³/mol. The molecule has 1 amide bonds. The third-order valence-electron chi connectivity index (χ3n) is 4.36. The number of aliphatic hydroxyl groups is 1. The standard InChI is InChI=1S/C19H21FN2O4/c1-25-17-10-14(20)4-5-16(17)26-18-12-22(8-6-15(18)23)19(24)9-13-3-2-7-21-11-13/h2-5,7,10-11,15,18,23H,6,8-9,12H2,1H3/t15-,18-/m1/s1. The molecule has 0 bridgehead atoms. The summed E-state index contributed by atoms with van der Waals surface area (Å²) in [7, 11) is 1.42. The Kier molecular flexibility index (Phi) is 5.68. The van der Waals surface area contributed by atoms with Crippen LogP contribution in [0.2, 0.25) is 0 Å². The molecule has 138 valence electrons. The van der Waals surface area contributed by atoms with E-state index in [9.17, 15) is 14.3 Å². The van der Waals surface area contributed by atoms with E-state index in [0.717, 1.165) is 5.56 Å². The summed E-state index contributed by atoms with van der Waals surface area (Å²) in [4.78, 5) is 18.2. The van der Waals surface area contributed by atoms with Gasteiger partial charge in [0, 0.05) is 25.0 Å². The zero-order valence-corrected chi connectivity index (χ0v) is 14.5. The molecular weight excluding hydrogens is 339 g/mol. The predicted octanol–water partition coefficient (Wildman–Crippen LogP) is 1.81. The first-order chi connectivity index (χ1) is 12.6. The van der Waals surface area contributed by atoms with Crippen LogP contribution in [0.15, 0.2) is 42.7 Å². The molecule has 1 N–H and O–H groups in total. The number of aliphatic hydroxyl groups excluding tert-OH is 1. The number of pyridine rings is 1. The second-order valence-corrected chi connectivity index (χ2v) is 6.19. The lowest BCUT2D eigenvalue weighted by molar-refractivity contribution is -0.136. The molecule has 1 aromatic heterocycles. The maximum Gasteiger partial charge on any atom is 0.227 e. The Morgan fingerprint density at radius 1 is 1.38 bits per heavy atom. The molecule has 0 spiro atoms. The van der Waals surface area contributed by atoms with E-state index in [1.54, 1.807) is 23.4 Å². The van der Waals surface area contributed by atoms with Crippen molar-refractivity contribution < 1.29 is 23.8 Å². The van der Waals surface area contributed by atoms with Gasteiger partial charge in [-0.05, 0) is 30.2 Å². The summed E-state index contributed by atoms with van der Waals surface area (Å²) in [5.41, 5.74) is 0.835. The van der Waals surface area contributed by atoms with Crippen molar-refractivity contribution in [1.29, 1.82) is 0 Å². The highest BCUT2D eigenvalue weighted by Gasteiger charge is 2.32. The Morgan fingerprint density at radius 2 is 2.23 bits per heavy atom. The fourth-order valence-electron chi connectivity index (χ4n) is 2.94. The van der Waals surface area contributed by atoms with E-state index in [1.165, 1.54) is 25.3 Å². The van der Waals surface area contributed by atoms with Crippen molar-refractivity contribution in [1.82, 2.24) is 9.88 Å². The summed E-state index contributed by atoms with van der Waals surface area (Å²) in [6.45, 7) is 0.710. The maximum absolute atomic E-state index is 13.3. The molecule has 3 rings (SSSR count). The molecule has 26 heavy (non-hydrogen) atoms. The van der Waals surface area contributed by atoms with Gasteiger partial charge in [0.25, 0.3) is 0 Å². The number of carbonyl (C=O) groups is 1. The maximum atomic E-state index is 13.3. The smallest absolute Gasteiger partial charge is 0.227 e. The van der Waals surface area contributed by atoms with Crippen molar-refractivity contribution in [3.8, 4) is 11.5 Å². The van der Waals surface area contributed by atoms with Gasteiger partial charge in [0.05, 0.1) is 26.2 Å². The van der Waals surface area contributed by atoms with E-state index in [4.69, 9.17) is 9.47 Å². The van der Waals surface area contributed by atoms with Gasteiger partial charge in [-0.2, -0.15) is 0 Å². The minimum absolute atomic E-state index is 0.0513. The quantitative estimate of drug-likeness (QED) is 0.881. The average molecular weight is 360 g/mol. The summed E-state index contributed by atoms with van der Waals surface area (Å²) >= 11 is 0. The van der Waals surface area contributed by atoms with E-state index in [-0.39, 0.29) is 24.6 Å². The minimum Gasteiger partial charge on any atom is -0.493 e. The summed E-state index contributed by atoms with van der Waals surface area (Å²) < 4.78 is 24.3. The average Bonchev–Trinajstić information content (AvgIpc) is 2.65. The van der Waals surface area contributed by atoms with E-state index in [2.05, 4.69) is 4.98 Å². The third-order valence-corrected chi connectivity index (χ3v) is 4.36. The Morgan fingerprint density at radius 3 is 2.96 bits per heavy atom. The number of aromatic nitrogens is 1. The van der Waals surface area contributed by atoms with Crippen LogP contribution < -0.4 is 9.47 Å². The van der Waals surface area contributed by atoms with Crippen LogP contribution >= 0.6 is 0 Å². The van der Waals surface area contributed by atoms with Crippen molar-refractivity contribution in [2.45, 2.75) is 25.0 Å². The van der Waals surface area contributed by atoms with Crippen LogP contribution in [0.3, 0.4) is 0 Å². The summed E-state index contributed by atoms with van der Waals surface area (Å²) in [5.74, 6) is 0.0896. The van der Waals surface area contributed by atoms with Crippen molar-refractivity contribution in [2.75, 3.05) is 20.2 Å². The van der Waals surface area contributed by atoms with E-state index in [0.29, 0.717) is 18.7 Å². The van der Waals surface area contributed by atoms with Gasteiger partial charge in [-0.3, -0.25) is 9.78 Å². The lowest BCUT2D eigenvalue weighted by Gasteiger charge is -2.36. The number of ether oxygens (including phenoxy) is 2. The highest BCUT2D eigenvalue weighted by atomic mass is 19.1. The molecule has 2 atom stereocenters. The SMILES string of the molecule is COc1cc(F)ccc1O[C@@H]1CN(C(=O)Cc2cccnc2)CC[C@H]1O. The number of piperidine rings is 1. The molecule has 0 aliphatic carbocycles. The Bertz CT molecular complexity index is 756. The van der Waals surface area contributed by atoms with Crippen molar-refractivity contribution >= 4 is 5.91 Å². The molecule has 6 nitrogen and oxygen atoms in total. The summed E-state index contributed by atoms with van der Waals surface area (Å²) in [6, 6.07) is 7.57. The molecule has 0 unspecified atom stereocenters. The van der Waals surface area contributed by atoms with Gasteiger partial charge >= 0.3 is 0 Å². The first kappa shape index (κ1) is 18.1. The number of rotatable bonds is 5. The molecule has 0 radical (unpaired) electrons. The second-order valence-electron chi connectivity index (χ2n) is 6.19. The van der Waals surface area contributed by atoms with Crippen LogP contribution in [0, 0.1) is 5.82 Å². The van der Waals surface area contributed by atoms with Gasteiger partial charge in [-0.15, -0.1) is 0 Å². The van der Waals surface area contributed by atoms with Crippen LogP contribution in [0.1, 0.15) is 12.0 Å². The second kappa shape index (κ2) is 8.14. The number of likely N-dealkylation sites (tertiary alicyclic amines) is 1. The van der Waals surface area contributed by atoms with E-state index < -0.39 is 18.0 Å². The zero-order valence-electron chi connectivity index (χ0n) is 14.5. The van der Waals surface area contributed by atoms with Gasteiger partial charge in [-0.25, -0.2) is 4.39 Å². The number of amides is 1. The van der Waals surface area contributed by atoms with Gasteiger partial charge < -0.3 is 19.5 Å². The van der Waals surface area contributed by atoms with Gasteiger partial charge in [0.1, 0.15) is 11.9 Å². The Labute approximate surface area is 151 Å². The molecule has 1 aliphatic rings. The molecule has 7 heteroatoms. The third kappa shape index (κ3) is 4.29. The first-order valence-electron chi connectivity index (χ1n) is 8.41. The fraction of sp³-hybridized carbons (Fsp3) is 0.368. The molecule has 1 saturated heterocycles. The molecule has 1 aliphatic heterocycles. The van der Waals surface area contributed by atoms with Crippen LogP contribution in [0.5, 0.6) is 11.5 Å². The summed E-state index contributed by atoms with van der Waals surface area (Å²) in [6.07, 6.45) is 2.65. The number of hydrogen-bond acceptors (Lipinski definition) is 5. The van der Waals surface area contributed by atoms with Gasteiger partial charge in [-0.1, -0.05) is 6.07 Å². The first-order valence-corrected chi connectivity index (χ1v) is 8.41. The Hall–Kier alpha value is -2.67. The molecule has 1 aromatic carbocycles. The Balaban J connectivity index is 1.67. The van der Waals surface area contributed by atoms with Gasteiger partial charge in [0.15, 0.2) is 11.5 Å². The van der Waals surface area contributed by atoms with E-state index in [1.807, 2.05) is 6.07 Å². The molecule has 0 saturated carbocycles. The lowest BCUT2D eigenvalue weighted by Crippen LogP contribution is -2.51. The number of benzene rings is 1. The van der Waals surface area contributed by atoms with Gasteiger partial charge in [0.2, 0.25) is 5.91 Å². The van der Waals surface area contributed by atoms with Crippen molar-refractivity contribution in [3.63, 3.8) is 0 Å². The highest BCUT2D eigenvalue weighted by Crippen LogP contribution is 2.30. The number of hydrogen-bond donors (Lipinski definition) is 1. The van der Waals surface area contributed by atoms with Crippen LogP contribution in [-0.4, -0.2) is 53.3 Å². The molecular formula is C19H21FN2O4. The highest BCUT2D eigenvalue weighted by molar-refractivity contribution is 5.78. The molecule has 2 heterocycles. The van der Waals surface area contributed by atoms with Crippen molar-refractivity contribution in [2.24, 2.45) is 0 Å². The molecule has 1 fully saturated rings.